The summed E-state index contributed by atoms with van der Waals surface area (Å²) in [6, 6.07) is 3.85. The van der Waals surface area contributed by atoms with Crippen LogP contribution >= 0.6 is 11.3 Å². The highest BCUT2D eigenvalue weighted by molar-refractivity contribution is 7.09. The van der Waals surface area contributed by atoms with Gasteiger partial charge < -0.3 is 10.1 Å². The number of carbonyl (C=O) groups excluding carboxylic acids is 1. The molecule has 7 nitrogen and oxygen atoms in total. The van der Waals surface area contributed by atoms with Crippen molar-refractivity contribution in [2.45, 2.75) is 32.2 Å². The Hall–Kier alpha value is -1.77. The molecule has 3 rings (SSSR count). The van der Waals surface area contributed by atoms with Gasteiger partial charge in [0.05, 0.1) is 31.8 Å². The van der Waals surface area contributed by atoms with Gasteiger partial charge in [0.2, 0.25) is 5.91 Å². The molecule has 23 heavy (non-hydrogen) atoms. The van der Waals surface area contributed by atoms with Crippen LogP contribution in [0.15, 0.2) is 30.2 Å². The molecule has 0 bridgehead atoms. The van der Waals surface area contributed by atoms with E-state index >= 15 is 0 Å². The van der Waals surface area contributed by atoms with Gasteiger partial charge in [0.25, 0.3) is 0 Å². The molecule has 124 valence electrons. The van der Waals surface area contributed by atoms with Gasteiger partial charge in [-0.2, -0.15) is 5.10 Å². The highest BCUT2D eigenvalue weighted by atomic mass is 32.1. The molecule has 1 aliphatic rings. The Morgan fingerprint density at radius 2 is 2.52 bits per heavy atom. The van der Waals surface area contributed by atoms with Crippen LogP contribution in [0.3, 0.4) is 0 Å². The molecule has 8 heteroatoms. The zero-order valence-electron chi connectivity index (χ0n) is 13.1. The lowest BCUT2D eigenvalue weighted by molar-refractivity contribution is -0.129. The Labute approximate surface area is 139 Å². The molecule has 2 aromatic heterocycles. The number of ether oxygens (including phenoxy) is 1. The van der Waals surface area contributed by atoms with Gasteiger partial charge >= 0.3 is 0 Å². The molecule has 0 saturated carbocycles. The normalized spacial score (nSPS) is 20.3. The first-order valence-corrected chi connectivity index (χ1v) is 8.58. The van der Waals surface area contributed by atoms with Crippen molar-refractivity contribution in [3.8, 4) is 0 Å². The van der Waals surface area contributed by atoms with Gasteiger partial charge in [0.15, 0.2) is 0 Å². The third-order valence-corrected chi connectivity index (χ3v) is 4.85. The molecule has 1 amide bonds. The van der Waals surface area contributed by atoms with Crippen LogP contribution in [0.1, 0.15) is 11.8 Å². The van der Waals surface area contributed by atoms with Gasteiger partial charge in [-0.15, -0.1) is 11.3 Å². The lowest BCUT2D eigenvalue weighted by atomic mass is 10.2. The van der Waals surface area contributed by atoms with Gasteiger partial charge in [-0.3, -0.25) is 14.4 Å². The Morgan fingerprint density at radius 3 is 3.26 bits per heavy atom. The highest BCUT2D eigenvalue weighted by Gasteiger charge is 2.28. The van der Waals surface area contributed by atoms with Gasteiger partial charge in [-0.25, -0.2) is 4.98 Å². The fourth-order valence-corrected chi connectivity index (χ4v) is 3.29. The average Bonchev–Trinajstić information content (AvgIpc) is 3.25. The van der Waals surface area contributed by atoms with E-state index in [-0.39, 0.29) is 18.1 Å². The minimum atomic E-state index is -0.169. The van der Waals surface area contributed by atoms with Crippen molar-refractivity contribution in [1.29, 1.82) is 0 Å². The van der Waals surface area contributed by atoms with Crippen LogP contribution in [0.2, 0.25) is 0 Å². The number of rotatable bonds is 6. The maximum Gasteiger partial charge on any atom is 0.237 e. The van der Waals surface area contributed by atoms with E-state index < -0.39 is 0 Å². The number of nitrogens with zero attached hydrogens (tertiary/aromatic N) is 4. The summed E-state index contributed by atoms with van der Waals surface area (Å²) in [5.74, 6) is 0.0554. The quantitative estimate of drug-likeness (QED) is 0.843. The summed E-state index contributed by atoms with van der Waals surface area (Å²) in [5.41, 5.74) is 0. The van der Waals surface area contributed by atoms with Crippen LogP contribution in [-0.4, -0.2) is 57.4 Å². The van der Waals surface area contributed by atoms with E-state index in [1.807, 2.05) is 24.4 Å². The van der Waals surface area contributed by atoms with Crippen LogP contribution in [0.5, 0.6) is 0 Å². The van der Waals surface area contributed by atoms with Gasteiger partial charge in [0.1, 0.15) is 12.7 Å². The predicted molar refractivity (Wildman–Crippen MR) is 87.0 cm³/mol. The summed E-state index contributed by atoms with van der Waals surface area (Å²) in [5, 5.41) is 9.12. The van der Waals surface area contributed by atoms with Gasteiger partial charge in [0, 0.05) is 18.0 Å². The zero-order valence-corrected chi connectivity index (χ0v) is 13.9. The number of nitrogens with one attached hydrogen (secondary N) is 1. The topological polar surface area (TPSA) is 72.3 Å². The number of amides is 1. The highest BCUT2D eigenvalue weighted by Crippen LogP contribution is 2.12. The van der Waals surface area contributed by atoms with E-state index in [9.17, 15) is 4.79 Å². The maximum atomic E-state index is 12.3. The Balaban J connectivity index is 1.49. The molecule has 2 aromatic rings. The van der Waals surface area contributed by atoms with Crippen molar-refractivity contribution in [3.63, 3.8) is 0 Å². The first-order chi connectivity index (χ1) is 11.2. The number of thiophene rings is 1. The third kappa shape index (κ3) is 4.37. The summed E-state index contributed by atoms with van der Waals surface area (Å²) in [7, 11) is 0. The molecule has 1 aliphatic heterocycles. The standard InChI is InChI=1S/C15H21N5O2S/c1-12(15(21)17-7-14-3-2-6-23-14)19-4-5-22-13(8-19)9-20-11-16-10-18-20/h2-3,6,10-13H,4-5,7-9H2,1H3,(H,17,21)/t12-,13-/m1/s1. The summed E-state index contributed by atoms with van der Waals surface area (Å²) in [6.45, 7) is 5.30. The lowest BCUT2D eigenvalue weighted by Gasteiger charge is -2.36. The summed E-state index contributed by atoms with van der Waals surface area (Å²) in [6.07, 6.45) is 3.22. The van der Waals surface area contributed by atoms with Crippen molar-refractivity contribution in [3.05, 3.63) is 35.0 Å². The van der Waals surface area contributed by atoms with Gasteiger partial charge in [-0.05, 0) is 18.4 Å². The van der Waals surface area contributed by atoms with Crippen molar-refractivity contribution in [1.82, 2.24) is 25.0 Å². The first kappa shape index (κ1) is 16.1. The predicted octanol–water partition coefficient (Wildman–Crippen LogP) is 0.745. The lowest BCUT2D eigenvalue weighted by Crippen LogP contribution is -2.52. The fraction of sp³-hybridized carbons (Fsp3) is 0.533. The number of hydrogen-bond acceptors (Lipinski definition) is 6. The van der Waals surface area contributed by atoms with Crippen LogP contribution in [0.25, 0.3) is 0 Å². The van der Waals surface area contributed by atoms with Crippen molar-refractivity contribution in [2.75, 3.05) is 19.7 Å². The summed E-state index contributed by atoms with van der Waals surface area (Å²) < 4.78 is 7.53. The minimum Gasteiger partial charge on any atom is -0.374 e. The molecule has 3 heterocycles. The monoisotopic (exact) mass is 335 g/mol. The molecule has 2 atom stereocenters. The Kier molecular flexibility index (Phi) is 5.37. The number of hydrogen-bond donors (Lipinski definition) is 1. The molecular weight excluding hydrogens is 314 g/mol. The largest absolute Gasteiger partial charge is 0.374 e. The van der Waals surface area contributed by atoms with Crippen molar-refractivity contribution < 1.29 is 9.53 Å². The smallest absolute Gasteiger partial charge is 0.237 e. The van der Waals surface area contributed by atoms with Crippen LogP contribution in [-0.2, 0) is 22.6 Å². The number of carbonyl (C=O) groups is 1. The van der Waals surface area contributed by atoms with E-state index in [2.05, 4.69) is 20.3 Å². The van der Waals surface area contributed by atoms with E-state index in [1.165, 1.54) is 6.33 Å². The molecule has 0 spiro atoms. The van der Waals surface area contributed by atoms with Crippen LogP contribution in [0, 0.1) is 0 Å². The average molecular weight is 335 g/mol. The van der Waals surface area contributed by atoms with E-state index in [4.69, 9.17) is 4.74 Å². The minimum absolute atomic E-state index is 0.0259. The molecule has 0 radical (unpaired) electrons. The van der Waals surface area contributed by atoms with E-state index in [1.54, 1.807) is 22.3 Å². The summed E-state index contributed by atoms with van der Waals surface area (Å²) in [4.78, 5) is 19.6. The van der Waals surface area contributed by atoms with Crippen molar-refractivity contribution in [2.24, 2.45) is 0 Å². The zero-order chi connectivity index (χ0) is 16.1. The maximum absolute atomic E-state index is 12.3. The molecule has 0 aromatic carbocycles. The number of aromatic nitrogens is 3. The van der Waals surface area contributed by atoms with Crippen molar-refractivity contribution >= 4 is 17.2 Å². The molecule has 1 saturated heterocycles. The number of morpholine rings is 1. The Bertz CT molecular complexity index is 601. The molecule has 1 N–H and O–H groups in total. The fourth-order valence-electron chi connectivity index (χ4n) is 2.64. The van der Waals surface area contributed by atoms with E-state index in [0.29, 0.717) is 26.2 Å². The second-order valence-electron chi connectivity index (χ2n) is 5.58. The molecule has 0 aliphatic carbocycles. The second-order valence-corrected chi connectivity index (χ2v) is 6.61. The van der Waals surface area contributed by atoms with E-state index in [0.717, 1.165) is 11.4 Å². The molecule has 1 fully saturated rings. The molecular formula is C15H21N5O2S. The van der Waals surface area contributed by atoms with Crippen LogP contribution in [0.4, 0.5) is 0 Å². The SMILES string of the molecule is C[C@H](C(=O)NCc1cccs1)N1CCO[C@@H](Cn2cncn2)C1. The van der Waals surface area contributed by atoms with Gasteiger partial charge in [-0.1, -0.05) is 6.07 Å². The van der Waals surface area contributed by atoms with Crippen LogP contribution < -0.4 is 5.32 Å². The summed E-state index contributed by atoms with van der Waals surface area (Å²) >= 11 is 1.65. The third-order valence-electron chi connectivity index (χ3n) is 3.97. The first-order valence-electron chi connectivity index (χ1n) is 7.70. The molecule has 0 unspecified atom stereocenters. The Morgan fingerprint density at radius 1 is 1.61 bits per heavy atom. The second kappa shape index (κ2) is 7.67.